The van der Waals surface area contributed by atoms with Crippen LogP contribution >= 0.6 is 11.6 Å². The molecule has 0 aliphatic carbocycles. The zero-order valence-electron chi connectivity index (χ0n) is 16.0. The van der Waals surface area contributed by atoms with Crippen LogP contribution in [0.2, 0.25) is 5.02 Å². The Bertz CT molecular complexity index is 977. The largest absolute Gasteiger partial charge is 0.486 e. The van der Waals surface area contributed by atoms with Crippen molar-refractivity contribution in [1.82, 2.24) is 10.0 Å². The molecule has 0 aromatic heterocycles. The molecule has 1 amide bonds. The topological polar surface area (TPSA) is 93.7 Å². The Kier molecular flexibility index (Phi) is 7.00. The summed E-state index contributed by atoms with van der Waals surface area (Å²) in [5, 5.41) is 3.39. The molecule has 3 rings (SSSR count). The molecule has 1 heterocycles. The summed E-state index contributed by atoms with van der Waals surface area (Å²) in [7, 11) is -2.08. The molecule has 0 radical (unpaired) electrons. The average molecular weight is 439 g/mol. The highest BCUT2D eigenvalue weighted by Gasteiger charge is 2.16. The summed E-state index contributed by atoms with van der Waals surface area (Å²) in [6.07, 6.45) is 1.47. The van der Waals surface area contributed by atoms with Gasteiger partial charge in [0.2, 0.25) is 15.9 Å². The number of rotatable bonds is 8. The van der Waals surface area contributed by atoms with Gasteiger partial charge in [-0.2, -0.15) is 0 Å². The second kappa shape index (κ2) is 9.47. The fraction of sp³-hybridized carbons (Fsp3) is 0.350. The van der Waals surface area contributed by atoms with Crippen molar-refractivity contribution in [2.24, 2.45) is 0 Å². The second-order valence-corrected chi connectivity index (χ2v) is 8.85. The van der Waals surface area contributed by atoms with Crippen LogP contribution in [0.25, 0.3) is 0 Å². The molecule has 0 unspecified atom stereocenters. The van der Waals surface area contributed by atoms with Crippen molar-refractivity contribution in [3.05, 3.63) is 52.5 Å². The number of hydrogen-bond donors (Lipinski definition) is 2. The molecule has 1 aliphatic heterocycles. The van der Waals surface area contributed by atoms with Gasteiger partial charge in [0.15, 0.2) is 11.5 Å². The molecular weight excluding hydrogens is 416 g/mol. The molecule has 0 saturated heterocycles. The van der Waals surface area contributed by atoms with E-state index in [1.54, 1.807) is 12.1 Å². The number of ether oxygens (including phenoxy) is 2. The Hall–Kier alpha value is -2.29. The Labute approximate surface area is 175 Å². The standard InChI is InChI=1S/C20H23ClN2O5S/c1-22-29(25,26)16-5-2-14(3-6-16)4-7-19(24)23-9-8-15-12-17(21)20-18(13-15)27-10-11-28-20/h2-3,5-6,12-13,22H,4,7-11H2,1H3,(H,23,24). The predicted molar refractivity (Wildman–Crippen MR) is 110 cm³/mol. The second-order valence-electron chi connectivity index (χ2n) is 6.55. The molecule has 0 atom stereocenters. The van der Waals surface area contributed by atoms with Gasteiger partial charge >= 0.3 is 0 Å². The Balaban J connectivity index is 1.45. The third-order valence-electron chi connectivity index (χ3n) is 4.54. The molecule has 29 heavy (non-hydrogen) atoms. The average Bonchev–Trinajstić information content (AvgIpc) is 2.72. The van der Waals surface area contributed by atoms with Crippen LogP contribution < -0.4 is 19.5 Å². The van der Waals surface area contributed by atoms with Crippen molar-refractivity contribution in [2.45, 2.75) is 24.2 Å². The van der Waals surface area contributed by atoms with E-state index < -0.39 is 10.0 Å². The van der Waals surface area contributed by atoms with Gasteiger partial charge in [-0.15, -0.1) is 0 Å². The van der Waals surface area contributed by atoms with Gasteiger partial charge in [0, 0.05) is 13.0 Å². The van der Waals surface area contributed by atoms with Gasteiger partial charge < -0.3 is 14.8 Å². The number of benzene rings is 2. The van der Waals surface area contributed by atoms with Crippen LogP contribution in [0.15, 0.2) is 41.3 Å². The molecule has 2 aromatic rings. The highest BCUT2D eigenvalue weighted by atomic mass is 35.5. The maximum absolute atomic E-state index is 12.1. The lowest BCUT2D eigenvalue weighted by atomic mass is 10.1. The van der Waals surface area contributed by atoms with Crippen LogP contribution in [0.3, 0.4) is 0 Å². The molecule has 0 saturated carbocycles. The van der Waals surface area contributed by atoms with E-state index in [4.69, 9.17) is 21.1 Å². The van der Waals surface area contributed by atoms with Crippen LogP contribution in [0.5, 0.6) is 11.5 Å². The molecule has 1 aliphatic rings. The zero-order chi connectivity index (χ0) is 20.9. The summed E-state index contributed by atoms with van der Waals surface area (Å²) in [5.41, 5.74) is 1.86. The molecule has 0 spiro atoms. The first-order chi connectivity index (χ1) is 13.9. The van der Waals surface area contributed by atoms with Crippen LogP contribution in [-0.2, 0) is 27.7 Å². The first kappa shape index (κ1) is 21.4. The van der Waals surface area contributed by atoms with Gasteiger partial charge in [-0.3, -0.25) is 4.79 Å². The minimum atomic E-state index is -3.45. The summed E-state index contributed by atoms with van der Waals surface area (Å²) < 4.78 is 36.8. The van der Waals surface area contributed by atoms with Gasteiger partial charge in [-0.25, -0.2) is 13.1 Å². The van der Waals surface area contributed by atoms with Gasteiger partial charge in [-0.1, -0.05) is 23.7 Å². The van der Waals surface area contributed by atoms with Crippen molar-refractivity contribution < 1.29 is 22.7 Å². The van der Waals surface area contributed by atoms with E-state index in [0.29, 0.717) is 55.5 Å². The number of hydrogen-bond acceptors (Lipinski definition) is 5. The number of sulfonamides is 1. The molecule has 2 N–H and O–H groups in total. The van der Waals surface area contributed by atoms with E-state index in [9.17, 15) is 13.2 Å². The third-order valence-corrected chi connectivity index (χ3v) is 6.25. The smallest absolute Gasteiger partial charge is 0.240 e. The van der Waals surface area contributed by atoms with Crippen LogP contribution in [0.1, 0.15) is 17.5 Å². The monoisotopic (exact) mass is 438 g/mol. The number of nitrogens with one attached hydrogen (secondary N) is 2. The Morgan fingerprint density at radius 2 is 1.79 bits per heavy atom. The summed E-state index contributed by atoms with van der Waals surface area (Å²) >= 11 is 6.22. The molecule has 7 nitrogen and oxygen atoms in total. The van der Waals surface area contributed by atoms with Crippen molar-refractivity contribution in [3.63, 3.8) is 0 Å². The normalized spacial score (nSPS) is 13.2. The van der Waals surface area contributed by atoms with Gasteiger partial charge in [0.25, 0.3) is 0 Å². The fourth-order valence-corrected chi connectivity index (χ4v) is 3.97. The zero-order valence-corrected chi connectivity index (χ0v) is 17.6. The van der Waals surface area contributed by atoms with Crippen LogP contribution in [0.4, 0.5) is 0 Å². The predicted octanol–water partition coefficient (Wildman–Crippen LogP) is 2.31. The summed E-state index contributed by atoms with van der Waals surface area (Å²) in [6.45, 7) is 1.45. The van der Waals surface area contributed by atoms with Crippen molar-refractivity contribution >= 4 is 27.5 Å². The molecule has 0 bridgehead atoms. The summed E-state index contributed by atoms with van der Waals surface area (Å²) in [4.78, 5) is 12.3. The molecule has 0 fully saturated rings. The van der Waals surface area contributed by atoms with E-state index in [2.05, 4.69) is 10.0 Å². The summed E-state index contributed by atoms with van der Waals surface area (Å²) in [6, 6.07) is 10.2. The first-order valence-corrected chi connectivity index (χ1v) is 11.1. The quantitative estimate of drug-likeness (QED) is 0.659. The van der Waals surface area contributed by atoms with E-state index in [1.165, 1.54) is 19.2 Å². The summed E-state index contributed by atoms with van der Waals surface area (Å²) in [5.74, 6) is 1.13. The van der Waals surface area contributed by atoms with Crippen molar-refractivity contribution in [1.29, 1.82) is 0 Å². The minimum Gasteiger partial charge on any atom is -0.486 e. The minimum absolute atomic E-state index is 0.0689. The Morgan fingerprint density at radius 1 is 1.07 bits per heavy atom. The van der Waals surface area contributed by atoms with Crippen molar-refractivity contribution in [3.8, 4) is 11.5 Å². The number of carbonyl (C=O) groups excluding carboxylic acids is 1. The number of fused-ring (bicyclic) bond motifs is 1. The van der Waals surface area contributed by atoms with Crippen LogP contribution in [-0.4, -0.2) is 41.1 Å². The maximum atomic E-state index is 12.1. The fourth-order valence-electron chi connectivity index (χ4n) is 2.95. The Morgan fingerprint density at radius 3 is 2.52 bits per heavy atom. The van der Waals surface area contributed by atoms with Gasteiger partial charge in [-0.05, 0) is 55.3 Å². The molecular formula is C20H23ClN2O5S. The van der Waals surface area contributed by atoms with Crippen LogP contribution in [0, 0.1) is 0 Å². The molecule has 2 aromatic carbocycles. The van der Waals surface area contributed by atoms with E-state index in [-0.39, 0.29) is 10.8 Å². The number of aryl methyl sites for hydroxylation is 1. The number of halogens is 1. The number of carbonyl (C=O) groups is 1. The lowest BCUT2D eigenvalue weighted by Gasteiger charge is -2.20. The number of amides is 1. The van der Waals surface area contributed by atoms with E-state index in [0.717, 1.165) is 11.1 Å². The molecule has 9 heteroatoms. The van der Waals surface area contributed by atoms with Gasteiger partial charge in [0.05, 0.1) is 9.92 Å². The highest BCUT2D eigenvalue weighted by molar-refractivity contribution is 7.89. The van der Waals surface area contributed by atoms with Gasteiger partial charge in [0.1, 0.15) is 13.2 Å². The maximum Gasteiger partial charge on any atom is 0.240 e. The third kappa shape index (κ3) is 5.62. The highest BCUT2D eigenvalue weighted by Crippen LogP contribution is 2.38. The SMILES string of the molecule is CNS(=O)(=O)c1ccc(CCC(=O)NCCc2cc(Cl)c3c(c2)OCCO3)cc1. The first-order valence-electron chi connectivity index (χ1n) is 9.26. The van der Waals surface area contributed by atoms with E-state index in [1.807, 2.05) is 12.1 Å². The molecule has 156 valence electrons. The lowest BCUT2D eigenvalue weighted by molar-refractivity contribution is -0.121. The lowest BCUT2D eigenvalue weighted by Crippen LogP contribution is -2.26. The van der Waals surface area contributed by atoms with Crippen molar-refractivity contribution in [2.75, 3.05) is 26.8 Å². The van der Waals surface area contributed by atoms with E-state index >= 15 is 0 Å².